The van der Waals surface area contributed by atoms with Gasteiger partial charge in [0.25, 0.3) is 11.8 Å². The maximum absolute atomic E-state index is 11.7. The molecule has 0 radical (unpaired) electrons. The lowest BCUT2D eigenvalue weighted by Gasteiger charge is -2.06. The second-order valence-corrected chi connectivity index (χ2v) is 9.43. The van der Waals surface area contributed by atoms with E-state index in [0.717, 1.165) is 30.2 Å². The molecule has 8 N–H and O–H groups in total. The van der Waals surface area contributed by atoms with Crippen LogP contribution in [0.15, 0.2) is 29.0 Å². The highest BCUT2D eigenvalue weighted by Crippen LogP contribution is 2.22. The molecule has 0 spiro atoms. The fraction of sp³-hybridized carbons (Fsp3) is 0.333. The minimum atomic E-state index is -2.04. The van der Waals surface area contributed by atoms with Crippen LogP contribution in [-0.2, 0) is 0 Å². The number of pyridine rings is 2. The molecule has 2 aromatic heterocycles. The summed E-state index contributed by atoms with van der Waals surface area (Å²) in [7, 11) is -5.73. The number of carbonyl (C=O) groups is 2. The highest BCUT2D eigenvalue weighted by Gasteiger charge is 2.26. The normalized spacial score (nSPS) is 13.8. The Morgan fingerprint density at radius 1 is 0.806 bits per heavy atom. The van der Waals surface area contributed by atoms with Gasteiger partial charge in [0.2, 0.25) is 0 Å². The summed E-state index contributed by atoms with van der Waals surface area (Å²) in [5, 5.41) is 54.6. The van der Waals surface area contributed by atoms with Gasteiger partial charge in [-0.2, -0.15) is 0 Å². The number of carbonyl (C=O) groups excluding carboxylic acids is 2. The molecular formula is C18H22B3BrCl2N4O8. The summed E-state index contributed by atoms with van der Waals surface area (Å²) in [5.41, 5.74) is 0.734. The highest BCUT2D eigenvalue weighted by atomic mass is 79.9. The van der Waals surface area contributed by atoms with E-state index in [1.54, 1.807) is 12.3 Å². The van der Waals surface area contributed by atoms with Gasteiger partial charge in [0.05, 0.1) is 11.1 Å². The highest BCUT2D eigenvalue weighted by molar-refractivity contribution is 9.10. The summed E-state index contributed by atoms with van der Waals surface area (Å²) in [6.07, 6.45) is 6.85. The van der Waals surface area contributed by atoms with Crippen molar-refractivity contribution in [3.63, 3.8) is 0 Å². The van der Waals surface area contributed by atoms with Gasteiger partial charge in [-0.1, -0.05) is 23.2 Å². The number of nitrogens with zero attached hydrogens (tertiary/aromatic N) is 2. The van der Waals surface area contributed by atoms with Crippen molar-refractivity contribution in [1.29, 1.82) is 0 Å². The molecule has 2 fully saturated rings. The van der Waals surface area contributed by atoms with Crippen LogP contribution in [0.2, 0.25) is 10.3 Å². The molecule has 0 aliphatic heterocycles. The predicted molar refractivity (Wildman–Crippen MR) is 137 cm³/mol. The van der Waals surface area contributed by atoms with Crippen molar-refractivity contribution in [2.45, 2.75) is 37.8 Å². The SMILES string of the molecule is O=C(NC1CC1)c1cc(B(O)O)cnc1Cl.O=C(NC1CC1)c1cc(Br)cnc1Cl.OB(O)B(O)O. The van der Waals surface area contributed by atoms with E-state index in [2.05, 4.69) is 36.5 Å². The van der Waals surface area contributed by atoms with E-state index in [-0.39, 0.29) is 39.2 Å². The lowest BCUT2D eigenvalue weighted by molar-refractivity contribution is 0.0942. The molecule has 2 amide bonds. The first-order valence-corrected chi connectivity index (χ1v) is 12.1. The van der Waals surface area contributed by atoms with Crippen LogP contribution >= 0.6 is 39.1 Å². The molecule has 2 saturated carbocycles. The molecule has 12 nitrogen and oxygen atoms in total. The van der Waals surface area contributed by atoms with E-state index < -0.39 is 21.1 Å². The standard InChI is InChI=1S/C9H10BClN2O3.C9H8BrClN2O.B2H4O4/c11-8-7(9(14)13-6-1-2-6)3-5(4-12-8)10(15)16;10-5-3-7(8(11)12-4-5)9(14)13-6-1-2-6;3-1(4)2(5)6/h3-4,6,15-16H,1-2H2,(H,13,14);3-4,6H,1-2H2,(H,13,14);3-6H. The molecule has 0 unspecified atom stereocenters. The smallest absolute Gasteiger partial charge is 0.429 e. The van der Waals surface area contributed by atoms with Crippen molar-refractivity contribution in [2.24, 2.45) is 0 Å². The van der Waals surface area contributed by atoms with Gasteiger partial charge < -0.3 is 40.8 Å². The average Bonchev–Trinajstić information content (AvgIpc) is 3.74. The lowest BCUT2D eigenvalue weighted by atomic mass is 9.50. The van der Waals surface area contributed by atoms with Gasteiger partial charge in [0.15, 0.2) is 0 Å². The van der Waals surface area contributed by atoms with E-state index in [1.807, 2.05) is 0 Å². The first kappa shape index (κ1) is 30.5. The molecule has 0 saturated heterocycles. The van der Waals surface area contributed by atoms with Crippen LogP contribution in [0.25, 0.3) is 0 Å². The molecule has 18 heteroatoms. The number of hydrogen-bond acceptors (Lipinski definition) is 10. The van der Waals surface area contributed by atoms with Crippen molar-refractivity contribution in [3.8, 4) is 0 Å². The van der Waals surface area contributed by atoms with Gasteiger partial charge in [-0.05, 0) is 53.7 Å². The summed E-state index contributed by atoms with van der Waals surface area (Å²) < 4.78 is 0.753. The maximum Gasteiger partial charge on any atom is 0.490 e. The summed E-state index contributed by atoms with van der Waals surface area (Å²) in [4.78, 5) is 30.9. The Hall–Kier alpha value is -1.75. The van der Waals surface area contributed by atoms with Crippen LogP contribution in [-0.4, -0.2) is 85.1 Å². The van der Waals surface area contributed by atoms with Crippen molar-refractivity contribution in [3.05, 3.63) is 50.4 Å². The van der Waals surface area contributed by atoms with Gasteiger partial charge in [-0.3, -0.25) is 9.59 Å². The predicted octanol–water partition coefficient (Wildman–Crippen LogP) is -1.29. The number of nitrogens with one attached hydrogen (secondary N) is 2. The minimum Gasteiger partial charge on any atom is -0.429 e. The van der Waals surface area contributed by atoms with Crippen LogP contribution in [0.4, 0.5) is 0 Å². The zero-order chi connectivity index (χ0) is 27.0. The molecule has 0 bridgehead atoms. The quantitative estimate of drug-likeness (QED) is 0.144. The topological polar surface area (TPSA) is 205 Å². The summed E-state index contributed by atoms with van der Waals surface area (Å²) in [5.74, 6) is -0.478. The van der Waals surface area contributed by atoms with E-state index >= 15 is 0 Å². The number of amides is 2. The molecule has 36 heavy (non-hydrogen) atoms. The molecule has 4 rings (SSSR count). The average molecular weight is 606 g/mol. The third kappa shape index (κ3) is 10.7. The zero-order valence-corrected chi connectivity index (χ0v) is 21.7. The Balaban J connectivity index is 0.000000209. The van der Waals surface area contributed by atoms with E-state index in [4.69, 9.17) is 53.3 Å². The third-order valence-corrected chi connectivity index (χ3v) is 5.58. The fourth-order valence-corrected chi connectivity index (χ4v) is 3.04. The van der Waals surface area contributed by atoms with E-state index in [9.17, 15) is 9.59 Å². The molecule has 2 aliphatic carbocycles. The fourth-order valence-electron chi connectivity index (χ4n) is 2.33. The lowest BCUT2D eigenvalue weighted by Crippen LogP contribution is -2.35. The second kappa shape index (κ2) is 14.3. The number of rotatable bonds is 6. The summed E-state index contributed by atoms with van der Waals surface area (Å²) in [6.45, 7) is 0. The van der Waals surface area contributed by atoms with Gasteiger partial charge in [0, 0.05) is 34.4 Å². The van der Waals surface area contributed by atoms with E-state index in [0.29, 0.717) is 11.6 Å². The Morgan fingerprint density at radius 3 is 1.61 bits per heavy atom. The molecule has 2 heterocycles. The van der Waals surface area contributed by atoms with Gasteiger partial charge in [-0.15, -0.1) is 0 Å². The van der Waals surface area contributed by atoms with Crippen molar-refractivity contribution in [1.82, 2.24) is 20.6 Å². The first-order valence-electron chi connectivity index (χ1n) is 10.6. The minimum absolute atomic E-state index is 0.0579. The van der Waals surface area contributed by atoms with Gasteiger partial charge in [-0.25, -0.2) is 9.97 Å². The van der Waals surface area contributed by atoms with Crippen LogP contribution in [0.5, 0.6) is 0 Å². The third-order valence-electron chi connectivity index (χ3n) is 4.55. The molecule has 2 aromatic rings. The molecular weight excluding hydrogens is 583 g/mol. The first-order chi connectivity index (χ1) is 16.9. The Labute approximate surface area is 225 Å². The van der Waals surface area contributed by atoms with Crippen molar-refractivity contribution >= 4 is 77.5 Å². The zero-order valence-electron chi connectivity index (χ0n) is 18.6. The maximum atomic E-state index is 11.7. The Bertz CT molecular complexity index is 1060. The van der Waals surface area contributed by atoms with Crippen molar-refractivity contribution in [2.75, 3.05) is 0 Å². The van der Waals surface area contributed by atoms with Crippen LogP contribution in [0.3, 0.4) is 0 Å². The Kier molecular flexibility index (Phi) is 12.1. The number of aromatic nitrogens is 2. The summed E-state index contributed by atoms with van der Waals surface area (Å²) >= 11 is 14.8. The molecule has 192 valence electrons. The van der Waals surface area contributed by atoms with Crippen LogP contribution in [0, 0.1) is 0 Å². The van der Waals surface area contributed by atoms with Crippen molar-refractivity contribution < 1.29 is 39.7 Å². The number of halogens is 3. The van der Waals surface area contributed by atoms with E-state index in [1.165, 1.54) is 12.3 Å². The monoisotopic (exact) mass is 604 g/mol. The largest absolute Gasteiger partial charge is 0.490 e. The van der Waals surface area contributed by atoms with Gasteiger partial charge >= 0.3 is 21.1 Å². The molecule has 2 aliphatic rings. The van der Waals surface area contributed by atoms with Gasteiger partial charge in [0.1, 0.15) is 10.3 Å². The van der Waals surface area contributed by atoms with Crippen LogP contribution in [0.1, 0.15) is 46.4 Å². The van der Waals surface area contributed by atoms with Crippen LogP contribution < -0.4 is 16.1 Å². The molecule has 0 atom stereocenters. The molecule has 0 aromatic carbocycles. The summed E-state index contributed by atoms with van der Waals surface area (Å²) in [6, 6.07) is 3.55. The Morgan fingerprint density at radius 2 is 1.22 bits per heavy atom. The second-order valence-electron chi connectivity index (χ2n) is 7.80. The number of hydrogen-bond donors (Lipinski definition) is 8.